The summed E-state index contributed by atoms with van der Waals surface area (Å²) < 4.78 is 55.4. The minimum absolute atomic E-state index is 0.0314. The molecule has 0 saturated carbocycles. The van der Waals surface area contributed by atoms with Crippen LogP contribution >= 0.6 is 0 Å². The molecule has 0 atom stereocenters. The topological polar surface area (TPSA) is 51.8 Å². The van der Waals surface area contributed by atoms with Gasteiger partial charge in [-0.1, -0.05) is 17.3 Å². The van der Waals surface area contributed by atoms with Crippen molar-refractivity contribution in [2.24, 2.45) is 0 Å². The van der Waals surface area contributed by atoms with E-state index in [1.165, 1.54) is 6.07 Å². The van der Waals surface area contributed by atoms with Crippen molar-refractivity contribution in [1.29, 1.82) is 0 Å². The molecule has 4 nitrogen and oxygen atoms in total. The Labute approximate surface area is 128 Å². The summed E-state index contributed by atoms with van der Waals surface area (Å²) in [6.07, 6.45) is -5.66. The minimum atomic E-state index is -4.28. The Morgan fingerprint density at radius 3 is 2.70 bits per heavy atom. The minimum Gasteiger partial charge on any atom is -0.334 e. The molecular formula is C15H11F4N3O. The largest absolute Gasteiger partial charge is 0.389 e. The Bertz CT molecular complexity index is 858. The number of para-hydroxylation sites is 1. The van der Waals surface area contributed by atoms with E-state index >= 15 is 0 Å². The second-order valence-corrected chi connectivity index (χ2v) is 5.06. The fourth-order valence-corrected chi connectivity index (χ4v) is 2.19. The molecule has 0 saturated heterocycles. The predicted octanol–water partition coefficient (Wildman–Crippen LogP) is 4.23. The maximum Gasteiger partial charge on any atom is 0.389 e. The zero-order valence-electron chi connectivity index (χ0n) is 12.0. The Morgan fingerprint density at radius 1 is 1.17 bits per heavy atom. The normalized spacial score (nSPS) is 12.0. The van der Waals surface area contributed by atoms with Crippen molar-refractivity contribution in [2.75, 3.05) is 0 Å². The molecule has 0 unspecified atom stereocenters. The Kier molecular flexibility index (Phi) is 3.75. The molecule has 0 N–H and O–H groups in total. The van der Waals surface area contributed by atoms with E-state index < -0.39 is 18.4 Å². The molecule has 0 aliphatic carbocycles. The van der Waals surface area contributed by atoms with Crippen molar-refractivity contribution in [3.05, 3.63) is 41.6 Å². The van der Waals surface area contributed by atoms with Gasteiger partial charge in [0.2, 0.25) is 0 Å². The third-order valence-corrected chi connectivity index (χ3v) is 3.32. The van der Waals surface area contributed by atoms with Crippen LogP contribution in [0.5, 0.6) is 0 Å². The summed E-state index contributed by atoms with van der Waals surface area (Å²) in [6, 6.07) is 6.15. The zero-order chi connectivity index (χ0) is 16.6. The summed E-state index contributed by atoms with van der Waals surface area (Å²) in [7, 11) is 0. The van der Waals surface area contributed by atoms with E-state index in [0.29, 0.717) is 16.6 Å². The number of pyridine rings is 1. The van der Waals surface area contributed by atoms with E-state index in [9.17, 15) is 17.6 Å². The number of nitrogens with zero attached hydrogens (tertiary/aromatic N) is 3. The standard InChI is InChI=1S/C15H11F4N3O/c1-8-10(7-9-3-2-4-11(16)13(9)20-8)14-21-12(22-23-14)5-6-15(17,18)19/h2-4,7H,5-6H2,1H3. The van der Waals surface area contributed by atoms with Gasteiger partial charge in [0.05, 0.1) is 17.7 Å². The smallest absolute Gasteiger partial charge is 0.334 e. The summed E-state index contributed by atoms with van der Waals surface area (Å²) in [5.74, 6) is -0.414. The van der Waals surface area contributed by atoms with Crippen LogP contribution in [-0.2, 0) is 6.42 Å². The van der Waals surface area contributed by atoms with Gasteiger partial charge in [-0.15, -0.1) is 0 Å². The Hall–Kier alpha value is -2.51. The number of hydrogen-bond donors (Lipinski definition) is 0. The van der Waals surface area contributed by atoms with Gasteiger partial charge >= 0.3 is 6.18 Å². The number of halogens is 4. The van der Waals surface area contributed by atoms with Gasteiger partial charge in [-0.2, -0.15) is 18.2 Å². The van der Waals surface area contributed by atoms with Crippen LogP contribution in [0, 0.1) is 12.7 Å². The zero-order valence-corrected chi connectivity index (χ0v) is 12.0. The van der Waals surface area contributed by atoms with Gasteiger partial charge < -0.3 is 4.52 Å². The van der Waals surface area contributed by atoms with Crippen LogP contribution in [0.15, 0.2) is 28.8 Å². The first-order valence-corrected chi connectivity index (χ1v) is 6.79. The molecule has 3 rings (SSSR count). The highest BCUT2D eigenvalue weighted by Crippen LogP contribution is 2.27. The highest BCUT2D eigenvalue weighted by Gasteiger charge is 2.27. The predicted molar refractivity (Wildman–Crippen MR) is 74.1 cm³/mol. The van der Waals surface area contributed by atoms with Crippen LogP contribution in [0.2, 0.25) is 0 Å². The lowest BCUT2D eigenvalue weighted by Gasteiger charge is -2.04. The first kappa shape index (κ1) is 15.4. The summed E-state index contributed by atoms with van der Waals surface area (Å²) in [4.78, 5) is 8.13. The number of rotatable bonds is 3. The highest BCUT2D eigenvalue weighted by molar-refractivity contribution is 5.83. The summed E-state index contributed by atoms with van der Waals surface area (Å²) >= 11 is 0. The fraction of sp³-hybridized carbons (Fsp3) is 0.267. The van der Waals surface area contributed by atoms with Crippen LogP contribution in [0.1, 0.15) is 17.9 Å². The number of benzene rings is 1. The maximum absolute atomic E-state index is 13.7. The van der Waals surface area contributed by atoms with E-state index in [0.717, 1.165) is 0 Å². The van der Waals surface area contributed by atoms with Crippen molar-refractivity contribution in [3.63, 3.8) is 0 Å². The van der Waals surface area contributed by atoms with E-state index in [1.807, 2.05) is 0 Å². The van der Waals surface area contributed by atoms with Crippen LogP contribution in [0.25, 0.3) is 22.4 Å². The lowest BCUT2D eigenvalue weighted by atomic mass is 10.1. The first-order valence-electron chi connectivity index (χ1n) is 6.79. The van der Waals surface area contributed by atoms with Gasteiger partial charge in [-0.3, -0.25) is 0 Å². The molecule has 0 bridgehead atoms. The summed E-state index contributed by atoms with van der Waals surface area (Å²) in [6.45, 7) is 1.64. The molecular weight excluding hydrogens is 314 g/mol. The number of fused-ring (bicyclic) bond motifs is 1. The second-order valence-electron chi connectivity index (χ2n) is 5.06. The van der Waals surface area contributed by atoms with Crippen molar-refractivity contribution in [2.45, 2.75) is 25.9 Å². The molecule has 0 fully saturated rings. The van der Waals surface area contributed by atoms with Crippen molar-refractivity contribution in [1.82, 2.24) is 15.1 Å². The third-order valence-electron chi connectivity index (χ3n) is 3.32. The molecule has 0 aliphatic heterocycles. The van der Waals surface area contributed by atoms with Gasteiger partial charge in [-0.25, -0.2) is 9.37 Å². The molecule has 23 heavy (non-hydrogen) atoms. The van der Waals surface area contributed by atoms with E-state index in [-0.39, 0.29) is 23.7 Å². The summed E-state index contributed by atoms with van der Waals surface area (Å²) in [5.41, 5.74) is 1.13. The average molecular weight is 325 g/mol. The number of aromatic nitrogens is 3. The molecule has 2 aromatic heterocycles. The molecule has 120 valence electrons. The number of hydrogen-bond acceptors (Lipinski definition) is 4. The fourth-order valence-electron chi connectivity index (χ4n) is 2.19. The SMILES string of the molecule is Cc1nc2c(F)cccc2cc1-c1nc(CCC(F)(F)F)no1. The van der Waals surface area contributed by atoms with Gasteiger partial charge in [0, 0.05) is 11.8 Å². The molecule has 8 heteroatoms. The lowest BCUT2D eigenvalue weighted by molar-refractivity contribution is -0.134. The van der Waals surface area contributed by atoms with Crippen molar-refractivity contribution in [3.8, 4) is 11.5 Å². The molecule has 1 aromatic carbocycles. The van der Waals surface area contributed by atoms with Gasteiger partial charge in [0.25, 0.3) is 5.89 Å². The van der Waals surface area contributed by atoms with Crippen LogP contribution in [-0.4, -0.2) is 21.3 Å². The van der Waals surface area contributed by atoms with Crippen LogP contribution < -0.4 is 0 Å². The van der Waals surface area contributed by atoms with E-state index in [2.05, 4.69) is 15.1 Å². The first-order chi connectivity index (χ1) is 10.8. The van der Waals surface area contributed by atoms with Crippen molar-refractivity contribution >= 4 is 10.9 Å². The molecule has 0 radical (unpaired) electrons. The molecule has 0 spiro atoms. The Morgan fingerprint density at radius 2 is 1.96 bits per heavy atom. The van der Waals surface area contributed by atoms with E-state index in [1.54, 1.807) is 25.1 Å². The third kappa shape index (κ3) is 3.30. The lowest BCUT2D eigenvalue weighted by Crippen LogP contribution is -2.09. The van der Waals surface area contributed by atoms with Crippen molar-refractivity contribution < 1.29 is 22.1 Å². The molecule has 2 heterocycles. The molecule has 3 aromatic rings. The molecule has 0 amide bonds. The average Bonchev–Trinajstić information content (AvgIpc) is 2.94. The highest BCUT2D eigenvalue weighted by atomic mass is 19.4. The van der Waals surface area contributed by atoms with Gasteiger partial charge in [-0.05, 0) is 19.1 Å². The number of alkyl halides is 3. The second kappa shape index (κ2) is 5.60. The quantitative estimate of drug-likeness (QED) is 0.676. The van der Waals surface area contributed by atoms with E-state index in [4.69, 9.17) is 4.52 Å². The monoisotopic (exact) mass is 325 g/mol. The maximum atomic E-state index is 13.7. The summed E-state index contributed by atoms with van der Waals surface area (Å²) in [5, 5.41) is 4.09. The van der Waals surface area contributed by atoms with Gasteiger partial charge in [0.15, 0.2) is 5.82 Å². The van der Waals surface area contributed by atoms with Crippen LogP contribution in [0.3, 0.4) is 0 Å². The number of aryl methyl sites for hydroxylation is 2. The molecule has 0 aliphatic rings. The Balaban J connectivity index is 1.94. The van der Waals surface area contributed by atoms with Crippen LogP contribution in [0.4, 0.5) is 17.6 Å². The van der Waals surface area contributed by atoms with Gasteiger partial charge in [0.1, 0.15) is 11.3 Å².